The third-order valence-electron chi connectivity index (χ3n) is 16.8. The molecule has 0 saturated heterocycles. The average Bonchev–Trinajstić information content (AvgIpc) is 3.82. The smallest absolute Gasteiger partial charge is 0.0654 e. The lowest BCUT2D eigenvalue weighted by molar-refractivity contribution is 0.458. The molecule has 334 valence electrons. The van der Waals surface area contributed by atoms with Crippen molar-refractivity contribution in [1.29, 1.82) is 0 Å². The van der Waals surface area contributed by atoms with Crippen LogP contribution in [0.3, 0.4) is 0 Å². The Kier molecular flexibility index (Phi) is 9.17. The molecule has 0 radical (unpaired) electrons. The van der Waals surface area contributed by atoms with Gasteiger partial charge in [-0.2, -0.15) is 0 Å². The van der Waals surface area contributed by atoms with E-state index < -0.39 is 10.8 Å². The van der Waals surface area contributed by atoms with Crippen LogP contribution in [-0.2, 0) is 16.2 Å². The predicted octanol–water partition coefficient (Wildman–Crippen LogP) is 18.2. The Balaban J connectivity index is 1.22. The standard InChI is InChI=1S/C69H58/c1-8-9-36-67(6,7)54-37-47-22-23-49-39-62-66(56-34-24-48(38-54)63(47)64(49)56)58-41-60-57(40-61(58)69(62,52-30-18-44(4)19-31-52)53-32-20-45(5)21-33-53)65-55-13-11-10-12-46(55)25-35-59(65)68(60,50-26-14-42(2)15-27-50)51-28-16-43(3)17-29-51/h10-35,37-41H,8-9,36H2,1-7H3. The molecule has 11 aromatic carbocycles. The Bertz CT molecular complexity index is 3730. The molecule has 0 unspecified atom stereocenters. The second-order valence-electron chi connectivity index (χ2n) is 21.5. The molecule has 0 bridgehead atoms. The fourth-order valence-electron chi connectivity index (χ4n) is 13.2. The van der Waals surface area contributed by atoms with E-state index in [4.69, 9.17) is 0 Å². The van der Waals surface area contributed by atoms with Gasteiger partial charge in [-0.15, -0.1) is 0 Å². The van der Waals surface area contributed by atoms with E-state index in [0.717, 1.165) is 0 Å². The van der Waals surface area contributed by atoms with Gasteiger partial charge in [-0.25, -0.2) is 0 Å². The lowest BCUT2D eigenvalue weighted by atomic mass is 9.65. The third kappa shape index (κ3) is 5.82. The molecule has 0 N–H and O–H groups in total. The summed E-state index contributed by atoms with van der Waals surface area (Å²) in [5.41, 5.74) is 21.3. The van der Waals surface area contributed by atoms with Crippen LogP contribution in [0.1, 0.15) is 112 Å². The summed E-state index contributed by atoms with van der Waals surface area (Å²) in [6.07, 6.45) is 3.62. The first-order valence-corrected chi connectivity index (χ1v) is 25.3. The third-order valence-corrected chi connectivity index (χ3v) is 16.8. The molecule has 13 rings (SSSR count). The summed E-state index contributed by atoms with van der Waals surface area (Å²) in [4.78, 5) is 0. The number of benzene rings is 11. The van der Waals surface area contributed by atoms with Crippen molar-refractivity contribution in [3.8, 4) is 22.3 Å². The van der Waals surface area contributed by atoms with Gasteiger partial charge in [-0.1, -0.05) is 226 Å². The highest BCUT2D eigenvalue weighted by Gasteiger charge is 2.52. The van der Waals surface area contributed by atoms with Crippen molar-refractivity contribution in [3.05, 3.63) is 260 Å². The minimum absolute atomic E-state index is 0.0903. The Morgan fingerprint density at radius 2 is 0.812 bits per heavy atom. The number of hydrogen-bond acceptors (Lipinski definition) is 0. The fraction of sp³-hybridized carbons (Fsp3) is 0.188. The molecule has 11 aromatic rings. The summed E-state index contributed by atoms with van der Waals surface area (Å²) in [5.74, 6) is 0. The molecule has 0 aromatic heterocycles. The van der Waals surface area contributed by atoms with Gasteiger partial charge in [-0.05, 0) is 173 Å². The van der Waals surface area contributed by atoms with E-state index >= 15 is 0 Å². The van der Waals surface area contributed by atoms with Gasteiger partial charge in [0.2, 0.25) is 0 Å². The number of unbranched alkanes of at least 4 members (excludes halogenated alkanes) is 1. The molecule has 0 fully saturated rings. The second-order valence-corrected chi connectivity index (χ2v) is 21.5. The van der Waals surface area contributed by atoms with Crippen LogP contribution in [0.5, 0.6) is 0 Å². The van der Waals surface area contributed by atoms with Crippen LogP contribution in [0.2, 0.25) is 0 Å². The molecule has 0 saturated carbocycles. The summed E-state index contributed by atoms with van der Waals surface area (Å²) in [7, 11) is 0. The molecular weight excluding hydrogens is 829 g/mol. The highest BCUT2D eigenvalue weighted by Crippen LogP contribution is 2.65. The minimum atomic E-state index is -0.605. The fourth-order valence-corrected chi connectivity index (χ4v) is 13.2. The SMILES string of the molecule is CCCCC(C)(C)c1cc2ccc3cc4c(c5ccc(c1)c2c35)-c1cc2c(cc1C4(c1ccc(C)cc1)c1ccc(C)cc1)-c1c(ccc3ccccc13)C2(c1ccc(C)cc1)c1ccc(C)cc1. The number of fused-ring (bicyclic) bond motifs is 9. The molecule has 0 heteroatoms. The molecule has 2 aliphatic rings. The molecule has 2 aliphatic carbocycles. The van der Waals surface area contributed by atoms with Crippen molar-refractivity contribution in [2.24, 2.45) is 0 Å². The van der Waals surface area contributed by atoms with Crippen molar-refractivity contribution in [2.75, 3.05) is 0 Å². The zero-order chi connectivity index (χ0) is 47.0. The zero-order valence-corrected chi connectivity index (χ0v) is 41.0. The highest BCUT2D eigenvalue weighted by molar-refractivity contribution is 6.27. The van der Waals surface area contributed by atoms with E-state index in [1.807, 2.05) is 0 Å². The van der Waals surface area contributed by atoms with E-state index in [0.29, 0.717) is 0 Å². The predicted molar refractivity (Wildman–Crippen MR) is 294 cm³/mol. The summed E-state index contributed by atoms with van der Waals surface area (Å²) in [6, 6.07) is 74.4. The van der Waals surface area contributed by atoms with Crippen molar-refractivity contribution in [3.63, 3.8) is 0 Å². The molecule has 0 nitrogen and oxygen atoms in total. The van der Waals surface area contributed by atoms with Crippen LogP contribution < -0.4 is 0 Å². The topological polar surface area (TPSA) is 0 Å². The molecular formula is C69H58. The highest BCUT2D eigenvalue weighted by atomic mass is 14.5. The molecule has 0 heterocycles. The quantitative estimate of drug-likeness (QED) is 0.133. The monoisotopic (exact) mass is 886 g/mol. The van der Waals surface area contributed by atoms with Crippen LogP contribution in [0.25, 0.3) is 65.3 Å². The lowest BCUT2D eigenvalue weighted by Crippen LogP contribution is -2.30. The molecule has 0 aliphatic heterocycles. The van der Waals surface area contributed by atoms with Crippen LogP contribution in [-0.4, -0.2) is 0 Å². The van der Waals surface area contributed by atoms with E-state index in [1.165, 1.54) is 157 Å². The van der Waals surface area contributed by atoms with Crippen molar-refractivity contribution >= 4 is 43.1 Å². The van der Waals surface area contributed by atoms with Crippen molar-refractivity contribution in [2.45, 2.75) is 84.0 Å². The van der Waals surface area contributed by atoms with Gasteiger partial charge in [0, 0.05) is 0 Å². The summed E-state index contributed by atoms with van der Waals surface area (Å²) < 4.78 is 0. The van der Waals surface area contributed by atoms with Gasteiger partial charge in [0.15, 0.2) is 0 Å². The average molecular weight is 887 g/mol. The van der Waals surface area contributed by atoms with Gasteiger partial charge in [-0.3, -0.25) is 0 Å². The summed E-state index contributed by atoms with van der Waals surface area (Å²) in [5, 5.41) is 10.6. The Hall–Kier alpha value is -7.28. The van der Waals surface area contributed by atoms with Crippen LogP contribution in [0.15, 0.2) is 188 Å². The Labute approximate surface area is 407 Å². The number of aryl methyl sites for hydroxylation is 4. The van der Waals surface area contributed by atoms with Gasteiger partial charge < -0.3 is 0 Å². The molecule has 0 amide bonds. The Morgan fingerprint density at radius 1 is 0.377 bits per heavy atom. The van der Waals surface area contributed by atoms with E-state index in [2.05, 4.69) is 237 Å². The second kappa shape index (κ2) is 15.1. The van der Waals surface area contributed by atoms with Crippen LogP contribution in [0, 0.1) is 27.7 Å². The van der Waals surface area contributed by atoms with Crippen LogP contribution in [0.4, 0.5) is 0 Å². The van der Waals surface area contributed by atoms with Gasteiger partial charge in [0.1, 0.15) is 0 Å². The van der Waals surface area contributed by atoms with E-state index in [9.17, 15) is 0 Å². The first kappa shape index (κ1) is 41.9. The van der Waals surface area contributed by atoms with Gasteiger partial charge in [0.25, 0.3) is 0 Å². The summed E-state index contributed by atoms with van der Waals surface area (Å²) in [6.45, 7) is 16.0. The molecule has 0 atom stereocenters. The maximum Gasteiger partial charge on any atom is 0.0714 e. The largest absolute Gasteiger partial charge is 0.0714 e. The first-order chi connectivity index (χ1) is 33.5. The molecule has 69 heavy (non-hydrogen) atoms. The van der Waals surface area contributed by atoms with Gasteiger partial charge >= 0.3 is 0 Å². The maximum atomic E-state index is 2.67. The number of hydrogen-bond donors (Lipinski definition) is 0. The Morgan fingerprint density at radius 3 is 1.32 bits per heavy atom. The first-order valence-electron chi connectivity index (χ1n) is 25.3. The zero-order valence-electron chi connectivity index (χ0n) is 41.0. The van der Waals surface area contributed by atoms with Gasteiger partial charge in [0.05, 0.1) is 10.8 Å². The normalized spacial score (nSPS) is 14.4. The number of rotatable bonds is 8. The maximum absolute atomic E-state index is 2.67. The van der Waals surface area contributed by atoms with Crippen LogP contribution >= 0.6 is 0 Å². The summed E-state index contributed by atoms with van der Waals surface area (Å²) >= 11 is 0. The molecule has 0 spiro atoms. The van der Waals surface area contributed by atoms with E-state index in [-0.39, 0.29) is 5.41 Å². The minimum Gasteiger partial charge on any atom is -0.0654 e. The van der Waals surface area contributed by atoms with Crippen molar-refractivity contribution in [1.82, 2.24) is 0 Å². The van der Waals surface area contributed by atoms with Crippen molar-refractivity contribution < 1.29 is 0 Å². The lowest BCUT2D eigenvalue weighted by Gasteiger charge is -2.36. The van der Waals surface area contributed by atoms with E-state index in [1.54, 1.807) is 0 Å².